The number of carboxylic acids is 1. The monoisotopic (exact) mass is 1060 g/mol. The van der Waals surface area contributed by atoms with Gasteiger partial charge in [0.05, 0.1) is 12.6 Å². The molecule has 4 rings (SSSR count). The average molecular weight is 1060 g/mol. The zero-order valence-corrected chi connectivity index (χ0v) is 44.7. The van der Waals surface area contributed by atoms with E-state index in [1.807, 2.05) is 82.3 Å². The summed E-state index contributed by atoms with van der Waals surface area (Å²) in [6.07, 6.45) is 3.24. The molecule has 0 spiro atoms. The first kappa shape index (κ1) is 61.0. The number of carbonyl (C=O) groups is 9. The number of rotatable bonds is 29. The predicted molar refractivity (Wildman–Crippen MR) is 286 cm³/mol. The fraction of sp³-hybridized carbons (Fsp3) is 0.547. The molecule has 2 aromatic carbocycles. The lowest BCUT2D eigenvalue weighted by atomic mass is 10.00. The summed E-state index contributed by atoms with van der Waals surface area (Å²) < 4.78 is 0. The Labute approximate surface area is 443 Å². The molecule has 23 nitrogen and oxygen atoms in total. The van der Waals surface area contributed by atoms with E-state index < -0.39 is 114 Å². The van der Waals surface area contributed by atoms with Crippen molar-refractivity contribution in [3.05, 3.63) is 71.9 Å². The summed E-state index contributed by atoms with van der Waals surface area (Å²) in [5, 5.41) is 29.1. The number of nitrogens with one attached hydrogen (secondary N) is 8. The molecule has 8 unspecified atom stereocenters. The van der Waals surface area contributed by atoms with Gasteiger partial charge in [0.1, 0.15) is 42.3 Å². The highest BCUT2D eigenvalue weighted by molar-refractivity contribution is 5.98. The first-order valence-corrected chi connectivity index (χ1v) is 26.0. The maximum Gasteiger partial charge on any atom is 0.326 e. The van der Waals surface area contributed by atoms with E-state index in [2.05, 4.69) is 47.2 Å². The fourth-order valence-electron chi connectivity index (χ4n) is 8.86. The zero-order chi connectivity index (χ0) is 56.2. The number of likely N-dealkylation sites (tertiary alicyclic amines) is 1. The van der Waals surface area contributed by atoms with Crippen LogP contribution < -0.4 is 54.4 Å². The number of aliphatic carboxylic acids is 1. The zero-order valence-electron chi connectivity index (χ0n) is 44.7. The van der Waals surface area contributed by atoms with Crippen LogP contribution in [0.15, 0.2) is 65.8 Å². The highest BCUT2D eigenvalue weighted by Gasteiger charge is 2.38. The molecule has 1 aliphatic rings. The Balaban J connectivity index is 1.47. The molecule has 15 N–H and O–H groups in total. The van der Waals surface area contributed by atoms with Crippen molar-refractivity contribution >= 4 is 70.1 Å². The summed E-state index contributed by atoms with van der Waals surface area (Å²) in [6.45, 7) is 11.8. The first-order chi connectivity index (χ1) is 35.9. The van der Waals surface area contributed by atoms with Crippen molar-refractivity contribution in [2.45, 2.75) is 148 Å². The number of aliphatic imine (C=N–C) groups is 1. The Morgan fingerprint density at radius 3 is 1.91 bits per heavy atom. The van der Waals surface area contributed by atoms with Crippen molar-refractivity contribution in [1.29, 1.82) is 0 Å². The van der Waals surface area contributed by atoms with Crippen LogP contribution in [0.3, 0.4) is 0 Å². The lowest BCUT2D eigenvalue weighted by molar-refractivity contribution is -0.143. The van der Waals surface area contributed by atoms with Gasteiger partial charge in [-0.25, -0.2) is 4.79 Å². The molecule has 0 aliphatic carbocycles. The van der Waals surface area contributed by atoms with E-state index in [1.165, 1.54) is 11.8 Å². The number of H-pyrrole nitrogens is 1. The SMILES string of the molecule is CC(C)CC(NC(=O)C(N)Cc1ccccc1)C(=O)NC(Cc1c[nH]c2ccccc12)C(=O)NCC(=O)N1CCCC1C(=O)NC(CCCN=C(N)N)C(=O)NC(C)C(=O)NC(CC(C)C)C(=O)NC(C(=O)O)C(C)C. The van der Waals surface area contributed by atoms with Crippen molar-refractivity contribution < 1.29 is 48.3 Å². The van der Waals surface area contributed by atoms with Crippen LogP contribution in [0.4, 0.5) is 0 Å². The maximum absolute atomic E-state index is 14.2. The third-order valence-electron chi connectivity index (χ3n) is 12.9. The minimum Gasteiger partial charge on any atom is -0.480 e. The Bertz CT molecular complexity index is 2510. The number of fused-ring (bicyclic) bond motifs is 1. The average Bonchev–Trinajstić information content (AvgIpc) is 4.03. The molecule has 0 radical (unpaired) electrons. The van der Waals surface area contributed by atoms with Gasteiger partial charge in [-0.15, -0.1) is 0 Å². The van der Waals surface area contributed by atoms with Crippen LogP contribution in [-0.2, 0) is 56.0 Å². The quantitative estimate of drug-likeness (QED) is 0.0252. The number of aromatic nitrogens is 1. The summed E-state index contributed by atoms with van der Waals surface area (Å²) in [6, 6.07) is 7.55. The van der Waals surface area contributed by atoms with Gasteiger partial charge in [0.2, 0.25) is 47.3 Å². The number of hydrogen-bond acceptors (Lipinski definition) is 11. The number of nitrogens with zero attached hydrogens (tertiary/aromatic N) is 2. The van der Waals surface area contributed by atoms with E-state index in [1.54, 1.807) is 20.0 Å². The molecule has 23 heteroatoms. The molecular weight excluding hydrogens is 979 g/mol. The van der Waals surface area contributed by atoms with Crippen LogP contribution in [0, 0.1) is 17.8 Å². The number of carbonyl (C=O) groups excluding carboxylic acids is 8. The number of carboxylic acid groups (broad SMARTS) is 1. The second-order valence-electron chi connectivity index (χ2n) is 20.6. The minimum absolute atomic E-state index is 0.00662. The summed E-state index contributed by atoms with van der Waals surface area (Å²) in [7, 11) is 0. The summed E-state index contributed by atoms with van der Waals surface area (Å²) in [5.74, 6) is -7.34. The second kappa shape index (κ2) is 29.5. The van der Waals surface area contributed by atoms with Gasteiger partial charge in [-0.3, -0.25) is 43.3 Å². The topological polar surface area (TPSA) is 368 Å². The van der Waals surface area contributed by atoms with E-state index in [-0.39, 0.29) is 75.8 Å². The molecule has 1 aliphatic heterocycles. The van der Waals surface area contributed by atoms with Gasteiger partial charge >= 0.3 is 5.97 Å². The van der Waals surface area contributed by atoms with Crippen molar-refractivity contribution in [2.24, 2.45) is 39.9 Å². The number of nitrogens with two attached hydrogens (primary N) is 3. The Hall–Kier alpha value is -7.56. The standard InChI is InChI=1S/C53H79N13O10/c1-29(2)23-39(63-46(69)36(54)25-33-15-9-8-10-16-33)49(72)64-41(26-34-27-58-37-18-12-11-17-35(34)37)47(70)59-28-43(67)66-22-14-20-42(66)51(74)61-38(19-13-21-57-53(55)56)48(71)60-32(7)45(68)62-40(24-30(3)4)50(73)65-44(31(5)6)52(75)76/h8-12,15-18,27,29-32,36,38-42,44,58H,13-14,19-26,28,54H2,1-7H3,(H,59,70)(H,60,71)(H,61,74)(H,62,68)(H,63,69)(H,64,72)(H,65,73)(H,75,76)(H4,55,56,57). The molecule has 1 fully saturated rings. The van der Waals surface area contributed by atoms with Crippen molar-refractivity contribution in [3.63, 3.8) is 0 Å². The lowest BCUT2D eigenvalue weighted by Crippen LogP contribution is -2.59. The fourth-order valence-corrected chi connectivity index (χ4v) is 8.86. The van der Waals surface area contributed by atoms with Crippen LogP contribution in [0.5, 0.6) is 0 Å². The summed E-state index contributed by atoms with van der Waals surface area (Å²) >= 11 is 0. The number of para-hydroxylation sites is 1. The van der Waals surface area contributed by atoms with Crippen LogP contribution in [-0.4, -0.2) is 142 Å². The molecule has 8 amide bonds. The Kier molecular flexibility index (Phi) is 23.7. The van der Waals surface area contributed by atoms with E-state index in [9.17, 15) is 48.3 Å². The smallest absolute Gasteiger partial charge is 0.326 e. The molecule has 8 atom stereocenters. The highest BCUT2D eigenvalue weighted by atomic mass is 16.4. The van der Waals surface area contributed by atoms with Crippen LogP contribution in [0.1, 0.15) is 98.1 Å². The predicted octanol–water partition coefficient (Wildman–Crippen LogP) is 0.203. The van der Waals surface area contributed by atoms with E-state index in [0.29, 0.717) is 12.0 Å². The van der Waals surface area contributed by atoms with Gasteiger partial charge in [0, 0.05) is 36.6 Å². The molecule has 416 valence electrons. The largest absolute Gasteiger partial charge is 0.480 e. The second-order valence-corrected chi connectivity index (χ2v) is 20.6. The van der Waals surface area contributed by atoms with Gasteiger partial charge in [0.15, 0.2) is 5.96 Å². The highest BCUT2D eigenvalue weighted by Crippen LogP contribution is 2.21. The Morgan fingerprint density at radius 2 is 1.29 bits per heavy atom. The number of hydrogen-bond donors (Lipinski definition) is 12. The van der Waals surface area contributed by atoms with Gasteiger partial charge in [-0.1, -0.05) is 90.1 Å². The molecular formula is C53H79N13O10. The van der Waals surface area contributed by atoms with Crippen molar-refractivity contribution in [1.82, 2.24) is 47.1 Å². The molecule has 3 aromatic rings. The summed E-state index contributed by atoms with van der Waals surface area (Å²) in [4.78, 5) is 130. The normalized spacial score (nSPS) is 16.1. The van der Waals surface area contributed by atoms with E-state index >= 15 is 0 Å². The van der Waals surface area contributed by atoms with Gasteiger partial charge in [0.25, 0.3) is 0 Å². The number of benzene rings is 2. The molecule has 1 saturated heterocycles. The molecule has 0 saturated carbocycles. The molecule has 1 aromatic heterocycles. The molecule has 2 heterocycles. The van der Waals surface area contributed by atoms with E-state index in [4.69, 9.17) is 17.2 Å². The van der Waals surface area contributed by atoms with Crippen molar-refractivity contribution in [3.8, 4) is 0 Å². The molecule has 0 bridgehead atoms. The lowest BCUT2D eigenvalue weighted by Gasteiger charge is -2.28. The van der Waals surface area contributed by atoms with Crippen LogP contribution in [0.25, 0.3) is 10.9 Å². The number of aromatic amines is 1. The summed E-state index contributed by atoms with van der Waals surface area (Å²) in [5.41, 5.74) is 19.6. The van der Waals surface area contributed by atoms with Crippen LogP contribution >= 0.6 is 0 Å². The third-order valence-corrected chi connectivity index (χ3v) is 12.9. The third kappa shape index (κ3) is 19.0. The van der Waals surface area contributed by atoms with Crippen molar-refractivity contribution in [2.75, 3.05) is 19.6 Å². The van der Waals surface area contributed by atoms with Crippen LogP contribution in [0.2, 0.25) is 0 Å². The number of guanidine groups is 1. The van der Waals surface area contributed by atoms with Gasteiger partial charge in [-0.2, -0.15) is 0 Å². The Morgan fingerprint density at radius 1 is 0.697 bits per heavy atom. The maximum atomic E-state index is 14.2. The number of amides is 8. The first-order valence-electron chi connectivity index (χ1n) is 26.0. The van der Waals surface area contributed by atoms with Gasteiger partial charge in [-0.05, 0) is 86.8 Å². The van der Waals surface area contributed by atoms with E-state index in [0.717, 1.165) is 16.5 Å². The molecule has 76 heavy (non-hydrogen) atoms. The minimum atomic E-state index is -1.25. The van der Waals surface area contributed by atoms with Gasteiger partial charge < -0.3 is 69.4 Å².